The summed E-state index contributed by atoms with van der Waals surface area (Å²) in [5.74, 6) is 0.0218. The third-order valence-corrected chi connectivity index (χ3v) is 3.17. The number of carbonyl (C=O) groups is 2. The number of nitrogens with zero attached hydrogens (tertiary/aromatic N) is 3. The van der Waals surface area contributed by atoms with E-state index in [2.05, 4.69) is 9.72 Å². The van der Waals surface area contributed by atoms with Crippen molar-refractivity contribution in [3.8, 4) is 0 Å². The number of hydrogen-bond acceptors (Lipinski definition) is 5. The average Bonchev–Trinajstić information content (AvgIpc) is 2.44. The molecule has 116 valence electrons. The van der Waals surface area contributed by atoms with E-state index in [9.17, 15) is 9.59 Å². The second-order valence-electron chi connectivity index (χ2n) is 4.88. The molecule has 0 fully saturated rings. The average molecular weight is 314 g/mol. The van der Waals surface area contributed by atoms with Gasteiger partial charge in [-0.1, -0.05) is 11.6 Å². The first-order valence-corrected chi connectivity index (χ1v) is 6.92. The van der Waals surface area contributed by atoms with Crippen LogP contribution < -0.4 is 4.90 Å². The first-order chi connectivity index (χ1) is 9.85. The van der Waals surface area contributed by atoms with Crippen LogP contribution in [-0.4, -0.2) is 55.0 Å². The Morgan fingerprint density at radius 2 is 2.00 bits per heavy atom. The highest BCUT2D eigenvalue weighted by Gasteiger charge is 2.22. The topological polar surface area (TPSA) is 62.7 Å². The van der Waals surface area contributed by atoms with Crippen LogP contribution in [-0.2, 0) is 14.3 Å². The monoisotopic (exact) mass is 313 g/mol. The minimum atomic E-state index is -0.440. The van der Waals surface area contributed by atoms with Crippen molar-refractivity contribution < 1.29 is 14.3 Å². The third-order valence-electron chi connectivity index (χ3n) is 2.95. The van der Waals surface area contributed by atoms with E-state index in [1.165, 1.54) is 18.2 Å². The Bertz CT molecular complexity index is 491. The van der Waals surface area contributed by atoms with Crippen molar-refractivity contribution in [2.24, 2.45) is 0 Å². The van der Waals surface area contributed by atoms with E-state index >= 15 is 0 Å². The molecular formula is C14H20ClN3O3. The van der Waals surface area contributed by atoms with Crippen LogP contribution in [0.5, 0.6) is 0 Å². The van der Waals surface area contributed by atoms with E-state index in [4.69, 9.17) is 11.6 Å². The quantitative estimate of drug-likeness (QED) is 0.746. The Labute approximate surface area is 129 Å². The molecule has 1 amide bonds. The summed E-state index contributed by atoms with van der Waals surface area (Å²) >= 11 is 5.78. The van der Waals surface area contributed by atoms with Crippen LogP contribution in [0, 0.1) is 0 Å². The molecule has 0 saturated heterocycles. The summed E-state index contributed by atoms with van der Waals surface area (Å²) in [7, 11) is 3.06. The lowest BCUT2D eigenvalue weighted by atomic mass is 10.3. The Morgan fingerprint density at radius 1 is 1.33 bits per heavy atom. The van der Waals surface area contributed by atoms with Gasteiger partial charge in [0.1, 0.15) is 12.4 Å². The second-order valence-corrected chi connectivity index (χ2v) is 5.32. The molecule has 7 heteroatoms. The summed E-state index contributed by atoms with van der Waals surface area (Å²) < 4.78 is 4.61. The van der Waals surface area contributed by atoms with E-state index in [1.807, 2.05) is 13.8 Å². The summed E-state index contributed by atoms with van der Waals surface area (Å²) in [5.41, 5.74) is 0. The molecule has 21 heavy (non-hydrogen) atoms. The van der Waals surface area contributed by atoms with Gasteiger partial charge in [0.25, 0.3) is 0 Å². The number of aromatic nitrogens is 1. The highest BCUT2D eigenvalue weighted by Crippen LogP contribution is 2.13. The molecule has 1 aromatic heterocycles. The molecule has 1 aromatic rings. The van der Waals surface area contributed by atoms with Gasteiger partial charge in [-0.15, -0.1) is 0 Å². The van der Waals surface area contributed by atoms with Crippen molar-refractivity contribution in [3.63, 3.8) is 0 Å². The van der Waals surface area contributed by atoms with E-state index < -0.39 is 5.97 Å². The zero-order valence-corrected chi connectivity index (χ0v) is 13.4. The number of anilines is 1. The first kappa shape index (κ1) is 17.2. The molecule has 0 saturated carbocycles. The fourth-order valence-corrected chi connectivity index (χ4v) is 1.84. The normalized spacial score (nSPS) is 10.4. The molecule has 0 aromatic carbocycles. The predicted molar refractivity (Wildman–Crippen MR) is 81.4 cm³/mol. The minimum Gasteiger partial charge on any atom is -0.468 e. The molecule has 0 atom stereocenters. The molecule has 0 bridgehead atoms. The van der Waals surface area contributed by atoms with Gasteiger partial charge in [0.15, 0.2) is 0 Å². The maximum absolute atomic E-state index is 12.3. The third kappa shape index (κ3) is 5.23. The summed E-state index contributed by atoms with van der Waals surface area (Å²) in [6.45, 7) is 3.75. The largest absolute Gasteiger partial charge is 0.468 e. The van der Waals surface area contributed by atoms with Crippen LogP contribution in [0.4, 0.5) is 5.82 Å². The molecular weight excluding hydrogens is 294 g/mol. The minimum absolute atomic E-state index is 0.0606. The Hall–Kier alpha value is -1.82. The number of halogens is 1. The van der Waals surface area contributed by atoms with Crippen LogP contribution in [0.25, 0.3) is 0 Å². The number of amides is 1. The van der Waals surface area contributed by atoms with E-state index in [0.29, 0.717) is 10.8 Å². The van der Waals surface area contributed by atoms with Crippen molar-refractivity contribution in [3.05, 3.63) is 23.4 Å². The van der Waals surface area contributed by atoms with E-state index in [0.717, 1.165) is 0 Å². The van der Waals surface area contributed by atoms with Crippen LogP contribution >= 0.6 is 11.6 Å². The summed E-state index contributed by atoms with van der Waals surface area (Å²) in [5, 5.41) is 0.535. The van der Waals surface area contributed by atoms with Crippen LogP contribution in [0.15, 0.2) is 18.3 Å². The molecule has 0 N–H and O–H groups in total. The van der Waals surface area contributed by atoms with Gasteiger partial charge in [0, 0.05) is 19.3 Å². The molecule has 0 aliphatic rings. The van der Waals surface area contributed by atoms with Gasteiger partial charge in [-0.3, -0.25) is 9.59 Å². The first-order valence-electron chi connectivity index (χ1n) is 6.54. The smallest absolute Gasteiger partial charge is 0.325 e. The lowest BCUT2D eigenvalue weighted by Gasteiger charge is -2.28. The van der Waals surface area contributed by atoms with E-state index in [-0.39, 0.29) is 25.0 Å². The maximum Gasteiger partial charge on any atom is 0.325 e. The Kier molecular flexibility index (Phi) is 6.42. The molecule has 0 unspecified atom stereocenters. The molecule has 6 nitrogen and oxygen atoms in total. The number of hydrogen-bond donors (Lipinski definition) is 0. The maximum atomic E-state index is 12.3. The van der Waals surface area contributed by atoms with Crippen molar-refractivity contribution in [2.75, 3.05) is 32.1 Å². The van der Waals surface area contributed by atoms with Gasteiger partial charge < -0.3 is 14.5 Å². The van der Waals surface area contributed by atoms with Crippen molar-refractivity contribution in [1.82, 2.24) is 9.88 Å². The SMILES string of the molecule is COC(=O)CN(C(=O)CN(C)c1ccc(Cl)cn1)C(C)C. The van der Waals surface area contributed by atoms with Crippen LogP contribution in [0.3, 0.4) is 0 Å². The number of esters is 1. The molecule has 0 radical (unpaired) electrons. The van der Waals surface area contributed by atoms with Gasteiger partial charge in [-0.2, -0.15) is 0 Å². The lowest BCUT2D eigenvalue weighted by molar-refractivity contribution is -0.147. The van der Waals surface area contributed by atoms with Crippen LogP contribution in [0.1, 0.15) is 13.8 Å². The van der Waals surface area contributed by atoms with Crippen LogP contribution in [0.2, 0.25) is 5.02 Å². The molecule has 0 aliphatic heterocycles. The highest BCUT2D eigenvalue weighted by molar-refractivity contribution is 6.30. The van der Waals surface area contributed by atoms with Gasteiger partial charge in [0.2, 0.25) is 5.91 Å². The predicted octanol–water partition coefficient (Wildman–Crippen LogP) is 1.58. The summed E-state index contributed by atoms with van der Waals surface area (Å²) in [4.78, 5) is 31.0. The molecule has 0 aliphatic carbocycles. The molecule has 0 spiro atoms. The van der Waals surface area contributed by atoms with Gasteiger partial charge >= 0.3 is 5.97 Å². The fraction of sp³-hybridized carbons (Fsp3) is 0.500. The van der Waals surface area contributed by atoms with Crippen molar-refractivity contribution in [1.29, 1.82) is 0 Å². The highest BCUT2D eigenvalue weighted by atomic mass is 35.5. The molecule has 1 rings (SSSR count). The van der Waals surface area contributed by atoms with E-state index in [1.54, 1.807) is 24.1 Å². The number of ether oxygens (including phenoxy) is 1. The lowest BCUT2D eigenvalue weighted by Crippen LogP contribution is -2.45. The second kappa shape index (κ2) is 7.83. The van der Waals surface area contributed by atoms with Crippen molar-refractivity contribution >= 4 is 29.3 Å². The fourth-order valence-electron chi connectivity index (χ4n) is 1.73. The number of rotatable bonds is 6. The number of likely N-dealkylation sites (N-methyl/N-ethyl adjacent to an activating group) is 1. The zero-order valence-electron chi connectivity index (χ0n) is 12.7. The number of methoxy groups -OCH3 is 1. The number of pyridine rings is 1. The van der Waals surface area contributed by atoms with Gasteiger partial charge in [-0.05, 0) is 26.0 Å². The number of carbonyl (C=O) groups excluding carboxylic acids is 2. The standard InChI is InChI=1S/C14H20ClN3O3/c1-10(2)18(9-14(20)21-4)13(19)8-17(3)12-6-5-11(15)7-16-12/h5-7,10H,8-9H2,1-4H3. The molecule has 1 heterocycles. The van der Waals surface area contributed by atoms with Gasteiger partial charge in [-0.25, -0.2) is 4.98 Å². The summed E-state index contributed by atoms with van der Waals surface area (Å²) in [6.07, 6.45) is 1.52. The Balaban J connectivity index is 2.72. The van der Waals surface area contributed by atoms with Gasteiger partial charge in [0.05, 0.1) is 18.7 Å². The Morgan fingerprint density at radius 3 is 2.48 bits per heavy atom. The summed E-state index contributed by atoms with van der Waals surface area (Å²) in [6, 6.07) is 3.35. The van der Waals surface area contributed by atoms with Crippen molar-refractivity contribution in [2.45, 2.75) is 19.9 Å². The zero-order chi connectivity index (χ0) is 16.0.